The van der Waals surface area contributed by atoms with Gasteiger partial charge in [-0.15, -0.1) is 0 Å². The van der Waals surface area contributed by atoms with Gasteiger partial charge in [0.05, 0.1) is 0 Å². The molecule has 0 fully saturated rings. The van der Waals surface area contributed by atoms with E-state index in [9.17, 15) is 0 Å². The van der Waals surface area contributed by atoms with Crippen molar-refractivity contribution in [3.63, 3.8) is 0 Å². The van der Waals surface area contributed by atoms with Crippen molar-refractivity contribution in [1.29, 1.82) is 0 Å². The summed E-state index contributed by atoms with van der Waals surface area (Å²) in [6.07, 6.45) is 0. The maximum atomic E-state index is 8.62. The van der Waals surface area contributed by atoms with Crippen LogP contribution in [0.3, 0.4) is 0 Å². The lowest BCUT2D eigenvalue weighted by Gasteiger charge is -1.97. The molecule has 2 aromatic rings. The number of hydrogen-bond acceptors (Lipinski definition) is 3. The van der Waals surface area contributed by atoms with Gasteiger partial charge in [-0.3, -0.25) is 0 Å². The van der Waals surface area contributed by atoms with Crippen LogP contribution in [-0.2, 0) is 0 Å². The molecular weight excluding hydrogens is 226 g/mol. The summed E-state index contributed by atoms with van der Waals surface area (Å²) in [4.78, 5) is 0. The molecule has 1 aromatic heterocycles. The monoisotopic (exact) mass is 235 g/mol. The predicted molar refractivity (Wildman–Crippen MR) is 63.2 cm³/mol. The second-order valence-corrected chi connectivity index (χ2v) is 3.80. The molecule has 1 aromatic carbocycles. The highest BCUT2D eigenvalue weighted by Crippen LogP contribution is 2.24. The molecule has 0 saturated carbocycles. The van der Waals surface area contributed by atoms with E-state index in [1.165, 1.54) is 0 Å². The van der Waals surface area contributed by atoms with Crippen LogP contribution < -0.4 is 0 Å². The molecule has 1 heterocycles. The van der Waals surface area contributed by atoms with Gasteiger partial charge in [0.25, 0.3) is 0 Å². The van der Waals surface area contributed by atoms with E-state index in [4.69, 9.17) is 21.2 Å². The van der Waals surface area contributed by atoms with Crippen molar-refractivity contribution in [2.24, 2.45) is 5.16 Å². The second kappa shape index (κ2) is 4.41. The van der Waals surface area contributed by atoms with Crippen LogP contribution in [0.5, 0.6) is 0 Å². The molecule has 0 bridgehead atoms. The van der Waals surface area contributed by atoms with Gasteiger partial charge in [0.15, 0.2) is 5.76 Å². The van der Waals surface area contributed by atoms with E-state index in [-0.39, 0.29) is 0 Å². The number of nitrogens with zero attached hydrogens (tertiary/aromatic N) is 1. The van der Waals surface area contributed by atoms with Crippen molar-refractivity contribution in [1.82, 2.24) is 0 Å². The minimum atomic E-state index is 0.438. The van der Waals surface area contributed by atoms with E-state index in [0.717, 1.165) is 5.56 Å². The fraction of sp³-hybridized carbons (Fsp3) is 0.0833. The molecule has 1 N–H and O–H groups in total. The average molecular weight is 236 g/mol. The van der Waals surface area contributed by atoms with Gasteiger partial charge < -0.3 is 9.62 Å². The molecule has 0 amide bonds. The number of rotatable bonds is 2. The normalized spacial score (nSPS) is 11.8. The number of furan rings is 1. The molecule has 2 rings (SSSR count). The van der Waals surface area contributed by atoms with Crippen LogP contribution in [0.1, 0.15) is 12.7 Å². The summed E-state index contributed by atoms with van der Waals surface area (Å²) in [6.45, 7) is 1.67. The van der Waals surface area contributed by atoms with Crippen LogP contribution in [-0.4, -0.2) is 10.9 Å². The first-order valence-electron chi connectivity index (χ1n) is 4.75. The minimum Gasteiger partial charge on any atom is -0.455 e. The lowest BCUT2D eigenvalue weighted by Crippen LogP contribution is -1.89. The molecule has 0 aliphatic carbocycles. The number of oxime groups is 1. The Balaban J connectivity index is 2.39. The Kier molecular flexibility index (Phi) is 2.97. The molecule has 16 heavy (non-hydrogen) atoms. The standard InChI is InChI=1S/C12H10ClNO2/c1-8(14-15)11-5-6-12(16-11)9-3-2-4-10(13)7-9/h2-7,15H,1H3/b14-8+. The van der Waals surface area contributed by atoms with Gasteiger partial charge in [0, 0.05) is 10.6 Å². The summed E-state index contributed by atoms with van der Waals surface area (Å²) >= 11 is 5.89. The highest BCUT2D eigenvalue weighted by Gasteiger charge is 2.07. The molecule has 0 aliphatic heterocycles. The fourth-order valence-corrected chi connectivity index (χ4v) is 1.57. The molecule has 0 atom stereocenters. The molecular formula is C12H10ClNO2. The van der Waals surface area contributed by atoms with Gasteiger partial charge >= 0.3 is 0 Å². The highest BCUT2D eigenvalue weighted by atomic mass is 35.5. The van der Waals surface area contributed by atoms with Crippen molar-refractivity contribution >= 4 is 17.3 Å². The third-order valence-electron chi connectivity index (χ3n) is 2.22. The van der Waals surface area contributed by atoms with Gasteiger partial charge in [0.1, 0.15) is 11.5 Å². The first kappa shape index (κ1) is 10.8. The Hall–Kier alpha value is -1.74. The van der Waals surface area contributed by atoms with E-state index in [1.54, 1.807) is 19.1 Å². The first-order chi connectivity index (χ1) is 7.70. The molecule has 4 heteroatoms. The average Bonchev–Trinajstić information content (AvgIpc) is 2.77. The van der Waals surface area contributed by atoms with E-state index in [1.807, 2.05) is 24.3 Å². The van der Waals surface area contributed by atoms with Crippen molar-refractivity contribution in [3.8, 4) is 11.3 Å². The lowest BCUT2D eigenvalue weighted by atomic mass is 10.2. The Morgan fingerprint density at radius 3 is 2.81 bits per heavy atom. The molecule has 0 unspecified atom stereocenters. The third-order valence-corrected chi connectivity index (χ3v) is 2.46. The zero-order valence-corrected chi connectivity index (χ0v) is 9.40. The third kappa shape index (κ3) is 2.09. The smallest absolute Gasteiger partial charge is 0.152 e. The van der Waals surface area contributed by atoms with Crippen LogP contribution in [0.15, 0.2) is 46.0 Å². The lowest BCUT2D eigenvalue weighted by molar-refractivity contribution is 0.317. The summed E-state index contributed by atoms with van der Waals surface area (Å²) in [6, 6.07) is 10.9. The molecule has 0 saturated heterocycles. The Morgan fingerprint density at radius 2 is 2.12 bits per heavy atom. The fourth-order valence-electron chi connectivity index (χ4n) is 1.38. The largest absolute Gasteiger partial charge is 0.455 e. The Labute approximate surface area is 98.0 Å². The maximum Gasteiger partial charge on any atom is 0.152 e. The number of hydrogen-bond donors (Lipinski definition) is 1. The van der Waals surface area contributed by atoms with Crippen molar-refractivity contribution < 1.29 is 9.62 Å². The van der Waals surface area contributed by atoms with Crippen molar-refractivity contribution in [2.75, 3.05) is 0 Å². The van der Waals surface area contributed by atoms with E-state index < -0.39 is 0 Å². The van der Waals surface area contributed by atoms with E-state index in [2.05, 4.69) is 5.16 Å². The first-order valence-corrected chi connectivity index (χ1v) is 5.13. The zero-order valence-electron chi connectivity index (χ0n) is 8.64. The van der Waals surface area contributed by atoms with Crippen LogP contribution in [0.4, 0.5) is 0 Å². The molecule has 3 nitrogen and oxygen atoms in total. The van der Waals surface area contributed by atoms with Crippen LogP contribution in [0, 0.1) is 0 Å². The van der Waals surface area contributed by atoms with Crippen LogP contribution in [0.25, 0.3) is 11.3 Å². The Morgan fingerprint density at radius 1 is 1.31 bits per heavy atom. The van der Waals surface area contributed by atoms with Gasteiger partial charge in [-0.2, -0.15) is 0 Å². The van der Waals surface area contributed by atoms with Gasteiger partial charge in [-0.1, -0.05) is 28.9 Å². The summed E-state index contributed by atoms with van der Waals surface area (Å²) < 4.78 is 5.53. The van der Waals surface area contributed by atoms with Crippen molar-refractivity contribution in [2.45, 2.75) is 6.92 Å². The SMILES string of the molecule is C/C(=N\O)c1ccc(-c2cccc(Cl)c2)o1. The van der Waals surface area contributed by atoms with Gasteiger partial charge in [-0.25, -0.2) is 0 Å². The topological polar surface area (TPSA) is 45.7 Å². The minimum absolute atomic E-state index is 0.438. The number of halogens is 1. The summed E-state index contributed by atoms with van der Waals surface area (Å²) in [5.41, 5.74) is 1.33. The van der Waals surface area contributed by atoms with Crippen LogP contribution in [0.2, 0.25) is 5.02 Å². The second-order valence-electron chi connectivity index (χ2n) is 3.36. The summed E-state index contributed by atoms with van der Waals surface area (Å²) in [5.74, 6) is 1.23. The zero-order chi connectivity index (χ0) is 11.5. The van der Waals surface area contributed by atoms with E-state index in [0.29, 0.717) is 22.3 Å². The van der Waals surface area contributed by atoms with Gasteiger partial charge in [-0.05, 0) is 31.2 Å². The Bertz CT molecular complexity index is 531. The highest BCUT2D eigenvalue weighted by molar-refractivity contribution is 6.30. The summed E-state index contributed by atoms with van der Waals surface area (Å²) in [7, 11) is 0. The summed E-state index contributed by atoms with van der Waals surface area (Å²) in [5, 5.41) is 12.4. The van der Waals surface area contributed by atoms with E-state index >= 15 is 0 Å². The molecule has 0 aliphatic rings. The van der Waals surface area contributed by atoms with Gasteiger partial charge in [0.2, 0.25) is 0 Å². The molecule has 82 valence electrons. The maximum absolute atomic E-state index is 8.62. The van der Waals surface area contributed by atoms with Crippen molar-refractivity contribution in [3.05, 3.63) is 47.2 Å². The number of benzene rings is 1. The predicted octanol–water partition coefficient (Wildman–Crippen LogP) is 3.80. The quantitative estimate of drug-likeness (QED) is 0.489. The molecule has 0 spiro atoms. The molecule has 0 radical (unpaired) electrons. The van der Waals surface area contributed by atoms with Crippen LogP contribution >= 0.6 is 11.6 Å².